The summed E-state index contributed by atoms with van der Waals surface area (Å²) >= 11 is 7.94. The number of hydrogen-bond donors (Lipinski definition) is 2. The van der Waals surface area contributed by atoms with E-state index in [0.717, 1.165) is 36.0 Å². The minimum atomic E-state index is -0.474. The number of nitrogens with one attached hydrogen (secondary N) is 1. The lowest BCUT2D eigenvalue weighted by Gasteiger charge is -2.31. The van der Waals surface area contributed by atoms with Crippen molar-refractivity contribution in [1.82, 2.24) is 9.62 Å². The molecule has 32 heavy (non-hydrogen) atoms. The molecule has 0 spiro atoms. The van der Waals surface area contributed by atoms with E-state index in [4.69, 9.17) is 11.6 Å². The lowest BCUT2D eigenvalue weighted by molar-refractivity contribution is -0.107. The van der Waals surface area contributed by atoms with Gasteiger partial charge < -0.3 is 15.2 Å². The van der Waals surface area contributed by atoms with Crippen LogP contribution in [-0.4, -0.2) is 47.5 Å². The van der Waals surface area contributed by atoms with Crippen molar-refractivity contribution in [3.63, 3.8) is 0 Å². The Hall–Kier alpha value is -1.37. The number of carbonyl (C=O) groups excluding carboxylic acids is 1. The van der Waals surface area contributed by atoms with E-state index in [1.165, 1.54) is 23.1 Å². The normalized spacial score (nSPS) is 15.2. The van der Waals surface area contributed by atoms with Gasteiger partial charge in [-0.3, -0.25) is 0 Å². The van der Waals surface area contributed by atoms with Gasteiger partial charge in [-0.05, 0) is 93.3 Å². The maximum Gasteiger partial charge on any atom is 0.120 e. The monoisotopic (exact) mass is 474 g/mol. The van der Waals surface area contributed by atoms with Gasteiger partial charge in [-0.15, -0.1) is 0 Å². The molecule has 1 aliphatic carbocycles. The molecule has 0 radical (unpaired) electrons. The Balaban J connectivity index is 1.42. The first-order chi connectivity index (χ1) is 15.3. The van der Waals surface area contributed by atoms with E-state index < -0.39 is 6.10 Å². The van der Waals surface area contributed by atoms with Crippen LogP contribution in [0.2, 0.25) is 5.02 Å². The number of aldehydes is 1. The topological polar surface area (TPSA) is 52.6 Å². The number of aliphatic hydroxyl groups is 1. The van der Waals surface area contributed by atoms with Gasteiger partial charge in [0.15, 0.2) is 0 Å². The number of hydrogen-bond acceptors (Lipinski definition) is 5. The van der Waals surface area contributed by atoms with Crippen LogP contribution in [0.5, 0.6) is 0 Å². The Kier molecular flexibility index (Phi) is 9.21. The van der Waals surface area contributed by atoms with Crippen molar-refractivity contribution in [2.45, 2.75) is 62.5 Å². The predicted octanol–water partition coefficient (Wildman–Crippen LogP) is 4.94. The summed E-state index contributed by atoms with van der Waals surface area (Å²) in [5.74, 6) is 0.655. The molecule has 4 nitrogen and oxygen atoms in total. The molecule has 174 valence electrons. The van der Waals surface area contributed by atoms with Gasteiger partial charge in [0, 0.05) is 29.9 Å². The number of benzene rings is 2. The summed E-state index contributed by atoms with van der Waals surface area (Å²) in [6, 6.07) is 14.7. The van der Waals surface area contributed by atoms with Gasteiger partial charge in [0.2, 0.25) is 0 Å². The molecule has 0 bridgehead atoms. The maximum absolute atomic E-state index is 10.6. The second-order valence-electron chi connectivity index (χ2n) is 9.54. The SMILES string of the molecule is CN(CC(O)CNC(C)(C)CC1Cc2ccccc2C1)Sc1ccc(CCC=O)cc1Cl. The van der Waals surface area contributed by atoms with Crippen LogP contribution in [0.1, 0.15) is 43.4 Å². The van der Waals surface area contributed by atoms with Crippen molar-refractivity contribution in [3.8, 4) is 0 Å². The summed E-state index contributed by atoms with van der Waals surface area (Å²) in [6.45, 7) is 5.54. The number of carbonyl (C=O) groups is 1. The van der Waals surface area contributed by atoms with Gasteiger partial charge in [-0.1, -0.05) is 41.9 Å². The molecule has 0 fully saturated rings. The number of halogens is 1. The largest absolute Gasteiger partial charge is 0.390 e. The molecule has 0 aliphatic heterocycles. The smallest absolute Gasteiger partial charge is 0.120 e. The van der Waals surface area contributed by atoms with Crippen LogP contribution in [0.15, 0.2) is 47.4 Å². The standard InChI is InChI=1S/C26H35ClN2O2S/c1-26(2,16-20-13-21-8-4-5-9-22(21)14-20)28-17-23(31)18-29(3)32-25-11-10-19(7-6-12-30)15-24(25)27/h4-5,8-12,15,20,23,28,31H,6-7,13-14,16-18H2,1-3H3. The average Bonchev–Trinajstić information content (AvgIpc) is 3.14. The second-order valence-corrected chi connectivity index (χ2v) is 11.2. The van der Waals surface area contributed by atoms with Crippen molar-refractivity contribution >= 4 is 29.8 Å². The summed E-state index contributed by atoms with van der Waals surface area (Å²) < 4.78 is 2.01. The zero-order chi connectivity index (χ0) is 23.1. The van der Waals surface area contributed by atoms with Gasteiger partial charge in [-0.25, -0.2) is 4.31 Å². The van der Waals surface area contributed by atoms with Crippen LogP contribution in [0.4, 0.5) is 0 Å². The van der Waals surface area contributed by atoms with Gasteiger partial charge in [0.1, 0.15) is 6.29 Å². The number of nitrogens with zero attached hydrogens (tertiary/aromatic N) is 1. The lowest BCUT2D eigenvalue weighted by Crippen LogP contribution is -2.46. The highest BCUT2D eigenvalue weighted by molar-refractivity contribution is 7.97. The fourth-order valence-electron chi connectivity index (χ4n) is 4.55. The average molecular weight is 475 g/mol. The highest BCUT2D eigenvalue weighted by Gasteiger charge is 2.28. The zero-order valence-electron chi connectivity index (χ0n) is 19.3. The highest BCUT2D eigenvalue weighted by Crippen LogP contribution is 2.32. The molecule has 1 aliphatic rings. The highest BCUT2D eigenvalue weighted by atomic mass is 35.5. The van der Waals surface area contributed by atoms with Crippen LogP contribution in [0.25, 0.3) is 0 Å². The number of rotatable bonds is 12. The first-order valence-corrected chi connectivity index (χ1v) is 12.5. The Bertz CT molecular complexity index is 880. The van der Waals surface area contributed by atoms with Crippen molar-refractivity contribution in [3.05, 3.63) is 64.2 Å². The summed E-state index contributed by atoms with van der Waals surface area (Å²) in [5.41, 5.74) is 4.01. The molecule has 6 heteroatoms. The molecule has 0 amide bonds. The van der Waals surface area contributed by atoms with Crippen LogP contribution in [0.3, 0.4) is 0 Å². The van der Waals surface area contributed by atoms with E-state index in [9.17, 15) is 9.90 Å². The number of β-amino-alcohol motifs (C(OH)–C–C–N with tert-alkyl or cyclic N) is 1. The van der Waals surface area contributed by atoms with E-state index >= 15 is 0 Å². The van der Waals surface area contributed by atoms with E-state index in [2.05, 4.69) is 43.4 Å². The van der Waals surface area contributed by atoms with E-state index in [1.807, 2.05) is 29.6 Å². The van der Waals surface area contributed by atoms with Crippen LogP contribution in [-0.2, 0) is 24.1 Å². The first-order valence-electron chi connectivity index (χ1n) is 11.4. The molecule has 1 unspecified atom stereocenters. The van der Waals surface area contributed by atoms with E-state index in [-0.39, 0.29) is 5.54 Å². The predicted molar refractivity (Wildman–Crippen MR) is 134 cm³/mol. The first kappa shape index (κ1) is 25.3. The molecule has 1 atom stereocenters. The Morgan fingerprint density at radius 2 is 1.94 bits per heavy atom. The number of aryl methyl sites for hydroxylation is 1. The Morgan fingerprint density at radius 1 is 1.25 bits per heavy atom. The van der Waals surface area contributed by atoms with Gasteiger partial charge in [0.05, 0.1) is 11.1 Å². The van der Waals surface area contributed by atoms with Crippen molar-refractivity contribution in [1.29, 1.82) is 0 Å². The summed E-state index contributed by atoms with van der Waals surface area (Å²) in [6.07, 6.45) is 5.05. The lowest BCUT2D eigenvalue weighted by atomic mass is 9.88. The maximum atomic E-state index is 10.6. The van der Waals surface area contributed by atoms with Crippen molar-refractivity contribution in [2.75, 3.05) is 20.1 Å². The van der Waals surface area contributed by atoms with Crippen LogP contribution < -0.4 is 5.32 Å². The zero-order valence-corrected chi connectivity index (χ0v) is 20.9. The van der Waals surface area contributed by atoms with Gasteiger partial charge in [-0.2, -0.15) is 0 Å². The number of aliphatic hydroxyl groups excluding tert-OH is 1. The van der Waals surface area contributed by atoms with Crippen LogP contribution in [0, 0.1) is 5.92 Å². The Morgan fingerprint density at radius 3 is 2.56 bits per heavy atom. The molecule has 0 saturated heterocycles. The van der Waals surface area contributed by atoms with Crippen LogP contribution >= 0.6 is 23.5 Å². The fourth-order valence-corrected chi connectivity index (χ4v) is 5.71. The molecule has 0 aromatic heterocycles. The number of likely N-dealkylation sites (N-methyl/N-ethyl adjacent to an activating group) is 1. The van der Waals surface area contributed by atoms with Gasteiger partial charge in [0.25, 0.3) is 0 Å². The molecule has 0 saturated carbocycles. The molecule has 0 heterocycles. The van der Waals surface area contributed by atoms with Crippen molar-refractivity contribution in [2.24, 2.45) is 5.92 Å². The van der Waals surface area contributed by atoms with Crippen molar-refractivity contribution < 1.29 is 9.90 Å². The van der Waals surface area contributed by atoms with E-state index in [1.54, 1.807) is 0 Å². The summed E-state index contributed by atoms with van der Waals surface area (Å²) in [5, 5.41) is 14.8. The summed E-state index contributed by atoms with van der Waals surface area (Å²) in [7, 11) is 1.96. The molecule has 3 rings (SSSR count). The number of fused-ring (bicyclic) bond motifs is 1. The van der Waals surface area contributed by atoms with Gasteiger partial charge >= 0.3 is 0 Å². The second kappa shape index (κ2) is 11.7. The molecule has 2 aromatic rings. The molecule has 2 N–H and O–H groups in total. The summed E-state index contributed by atoms with van der Waals surface area (Å²) in [4.78, 5) is 11.5. The molecular weight excluding hydrogens is 440 g/mol. The minimum Gasteiger partial charge on any atom is -0.390 e. The quantitative estimate of drug-likeness (QED) is 0.337. The molecular formula is C26H35ClN2O2S. The molecule has 2 aromatic carbocycles. The fraction of sp³-hybridized carbons (Fsp3) is 0.500. The Labute approximate surface area is 201 Å². The third kappa shape index (κ3) is 7.60. The minimum absolute atomic E-state index is 0.0277. The third-order valence-electron chi connectivity index (χ3n) is 6.02. The third-order valence-corrected chi connectivity index (χ3v) is 7.46. The van der Waals surface area contributed by atoms with E-state index in [0.29, 0.717) is 36.9 Å².